The average Bonchev–Trinajstić information content (AvgIpc) is 3.16. The van der Waals surface area contributed by atoms with E-state index < -0.39 is 0 Å². The normalized spacial score (nSPS) is 27.4. The molecule has 0 aliphatic heterocycles. The molecule has 2 aromatic heterocycles. The molecule has 0 unspecified atom stereocenters. The minimum absolute atomic E-state index is 0.422. The predicted molar refractivity (Wildman–Crippen MR) is 136 cm³/mol. The number of benzene rings is 2. The van der Waals surface area contributed by atoms with E-state index in [0.29, 0.717) is 5.41 Å². The number of fused-ring (bicyclic) bond motifs is 1. The van der Waals surface area contributed by atoms with Crippen molar-refractivity contribution in [2.45, 2.75) is 57.8 Å². The lowest BCUT2D eigenvalue weighted by molar-refractivity contribution is -0.00518. The summed E-state index contributed by atoms with van der Waals surface area (Å²) < 4.78 is 1.89. The van der Waals surface area contributed by atoms with E-state index >= 15 is 0 Å². The molecule has 5 nitrogen and oxygen atoms in total. The van der Waals surface area contributed by atoms with Crippen LogP contribution in [0.15, 0.2) is 54.6 Å². The van der Waals surface area contributed by atoms with Gasteiger partial charge in [-0.15, -0.1) is 0 Å². The summed E-state index contributed by atoms with van der Waals surface area (Å²) in [6.45, 7) is 4.06. The fourth-order valence-electron chi connectivity index (χ4n) is 7.57. The maximum Gasteiger partial charge on any atom is 0.197 e. The number of hydrogen-bond acceptors (Lipinski definition) is 4. The maximum atomic E-state index is 4.94. The second-order valence-corrected chi connectivity index (χ2v) is 11.1. The molecule has 4 fully saturated rings. The standard InChI is InChI=1S/C29H31N5/c1-18-11-19(2)34(33-18)28-27(31-25-5-3-4-6-26(25)32-28)30-24-9-7-23(8-10-24)29-15-20-12-21(16-29)14-22(13-20)17-29/h3-11,20-22H,12-17H2,1-2H3,(H,30,31). The summed E-state index contributed by atoms with van der Waals surface area (Å²) in [5.41, 5.74) is 6.76. The van der Waals surface area contributed by atoms with E-state index in [1.165, 1.54) is 38.5 Å². The van der Waals surface area contributed by atoms with Crippen LogP contribution in [0.3, 0.4) is 0 Å². The van der Waals surface area contributed by atoms with Gasteiger partial charge in [0.05, 0.1) is 16.7 Å². The van der Waals surface area contributed by atoms with Crippen molar-refractivity contribution in [3.05, 3.63) is 71.5 Å². The third-order valence-electron chi connectivity index (χ3n) is 8.56. The van der Waals surface area contributed by atoms with Gasteiger partial charge in [-0.05, 0) is 111 Å². The van der Waals surface area contributed by atoms with Gasteiger partial charge in [0.2, 0.25) is 0 Å². The molecule has 4 saturated carbocycles. The zero-order chi connectivity index (χ0) is 22.9. The van der Waals surface area contributed by atoms with E-state index in [1.807, 2.05) is 35.9 Å². The van der Waals surface area contributed by atoms with Gasteiger partial charge in [-0.2, -0.15) is 5.10 Å². The summed E-state index contributed by atoms with van der Waals surface area (Å²) in [4.78, 5) is 9.88. The van der Waals surface area contributed by atoms with Gasteiger partial charge in [0.1, 0.15) is 0 Å². The summed E-state index contributed by atoms with van der Waals surface area (Å²) in [5, 5.41) is 8.25. The van der Waals surface area contributed by atoms with Crippen LogP contribution in [-0.4, -0.2) is 19.7 Å². The van der Waals surface area contributed by atoms with Crippen LogP contribution in [0.1, 0.15) is 55.5 Å². The minimum Gasteiger partial charge on any atom is -0.337 e. The van der Waals surface area contributed by atoms with E-state index in [0.717, 1.165) is 57.5 Å². The first-order valence-corrected chi connectivity index (χ1v) is 12.7. The Labute approximate surface area is 200 Å². The van der Waals surface area contributed by atoms with Gasteiger partial charge < -0.3 is 5.32 Å². The number of nitrogens with zero attached hydrogens (tertiary/aromatic N) is 4. The average molecular weight is 450 g/mol. The predicted octanol–water partition coefficient (Wildman–Crippen LogP) is 6.64. The molecule has 0 radical (unpaired) electrons. The first kappa shape index (κ1) is 20.2. The van der Waals surface area contributed by atoms with Crippen LogP contribution in [0.4, 0.5) is 11.5 Å². The number of para-hydroxylation sites is 2. The second-order valence-electron chi connectivity index (χ2n) is 11.1. The Morgan fingerprint density at radius 2 is 1.44 bits per heavy atom. The fourth-order valence-corrected chi connectivity index (χ4v) is 7.57. The molecule has 1 N–H and O–H groups in total. The Morgan fingerprint density at radius 1 is 0.824 bits per heavy atom. The molecule has 4 aliphatic carbocycles. The molecular formula is C29H31N5. The minimum atomic E-state index is 0.422. The van der Waals surface area contributed by atoms with E-state index in [4.69, 9.17) is 9.97 Å². The lowest BCUT2D eigenvalue weighted by atomic mass is 9.48. The van der Waals surface area contributed by atoms with Crippen LogP contribution in [-0.2, 0) is 5.41 Å². The van der Waals surface area contributed by atoms with E-state index in [1.54, 1.807) is 5.56 Å². The van der Waals surface area contributed by atoms with Crippen LogP contribution in [0.5, 0.6) is 0 Å². The monoisotopic (exact) mass is 449 g/mol. The van der Waals surface area contributed by atoms with Gasteiger partial charge in [0.15, 0.2) is 11.6 Å². The number of hydrogen-bond donors (Lipinski definition) is 1. The molecule has 0 atom stereocenters. The van der Waals surface area contributed by atoms with Crippen molar-refractivity contribution >= 4 is 22.5 Å². The Bertz CT molecular complexity index is 1350. The van der Waals surface area contributed by atoms with Crippen molar-refractivity contribution < 1.29 is 0 Å². The van der Waals surface area contributed by atoms with Crippen molar-refractivity contribution in [2.24, 2.45) is 17.8 Å². The Balaban J connectivity index is 1.24. The Kier molecular flexibility index (Phi) is 4.39. The Hall–Kier alpha value is -3.21. The number of aromatic nitrogens is 4. The summed E-state index contributed by atoms with van der Waals surface area (Å²) in [6, 6.07) is 19.3. The smallest absolute Gasteiger partial charge is 0.197 e. The van der Waals surface area contributed by atoms with Crippen LogP contribution >= 0.6 is 0 Å². The van der Waals surface area contributed by atoms with Gasteiger partial charge in [0, 0.05) is 11.4 Å². The summed E-state index contributed by atoms with van der Waals surface area (Å²) in [6.07, 6.45) is 8.62. The number of rotatable bonds is 4. The SMILES string of the molecule is Cc1cc(C)n(-c2nc3ccccc3nc2Nc2ccc(C34CC5CC(CC(C5)C3)C4)cc2)n1. The summed E-state index contributed by atoms with van der Waals surface area (Å²) in [7, 11) is 0. The molecule has 0 saturated heterocycles. The van der Waals surface area contributed by atoms with Crippen molar-refractivity contribution in [1.29, 1.82) is 0 Å². The van der Waals surface area contributed by atoms with Gasteiger partial charge in [-0.1, -0.05) is 24.3 Å². The van der Waals surface area contributed by atoms with Crippen molar-refractivity contribution in [2.75, 3.05) is 5.32 Å². The molecule has 0 amide bonds. The Morgan fingerprint density at radius 3 is 2.03 bits per heavy atom. The highest BCUT2D eigenvalue weighted by molar-refractivity contribution is 5.79. The molecule has 5 heteroatoms. The lowest BCUT2D eigenvalue weighted by Crippen LogP contribution is -2.48. The first-order chi connectivity index (χ1) is 16.5. The molecular weight excluding hydrogens is 418 g/mol. The summed E-state index contributed by atoms with van der Waals surface area (Å²) >= 11 is 0. The van der Waals surface area contributed by atoms with Crippen LogP contribution < -0.4 is 5.32 Å². The van der Waals surface area contributed by atoms with Crippen molar-refractivity contribution in [3.8, 4) is 5.82 Å². The lowest BCUT2D eigenvalue weighted by Gasteiger charge is -2.57. The summed E-state index contributed by atoms with van der Waals surface area (Å²) in [5.74, 6) is 4.34. The molecule has 0 spiro atoms. The highest BCUT2D eigenvalue weighted by Crippen LogP contribution is 2.60. The van der Waals surface area contributed by atoms with Crippen LogP contribution in [0.25, 0.3) is 16.9 Å². The highest BCUT2D eigenvalue weighted by Gasteiger charge is 2.51. The van der Waals surface area contributed by atoms with E-state index in [9.17, 15) is 0 Å². The van der Waals surface area contributed by atoms with E-state index in [-0.39, 0.29) is 0 Å². The number of aryl methyl sites for hydroxylation is 2. The largest absolute Gasteiger partial charge is 0.337 e. The van der Waals surface area contributed by atoms with Crippen LogP contribution in [0.2, 0.25) is 0 Å². The molecule has 2 aromatic carbocycles. The zero-order valence-electron chi connectivity index (χ0n) is 20.0. The third-order valence-corrected chi connectivity index (χ3v) is 8.56. The number of anilines is 2. The molecule has 2 heterocycles. The fraction of sp³-hybridized carbons (Fsp3) is 0.414. The third kappa shape index (κ3) is 3.24. The molecule has 34 heavy (non-hydrogen) atoms. The molecule has 172 valence electrons. The van der Waals surface area contributed by atoms with Gasteiger partial charge in [-0.3, -0.25) is 0 Å². The second kappa shape index (κ2) is 7.39. The van der Waals surface area contributed by atoms with Crippen molar-refractivity contribution in [1.82, 2.24) is 19.7 Å². The molecule has 4 aliphatic rings. The van der Waals surface area contributed by atoms with Crippen molar-refractivity contribution in [3.63, 3.8) is 0 Å². The van der Waals surface area contributed by atoms with Gasteiger partial charge in [0.25, 0.3) is 0 Å². The zero-order valence-corrected chi connectivity index (χ0v) is 20.0. The van der Waals surface area contributed by atoms with E-state index in [2.05, 4.69) is 47.7 Å². The van der Waals surface area contributed by atoms with Crippen LogP contribution in [0, 0.1) is 31.6 Å². The maximum absolute atomic E-state index is 4.94. The quantitative estimate of drug-likeness (QED) is 0.379. The first-order valence-electron chi connectivity index (χ1n) is 12.7. The molecule has 4 bridgehead atoms. The van der Waals surface area contributed by atoms with Gasteiger partial charge in [-0.25, -0.2) is 14.6 Å². The van der Waals surface area contributed by atoms with Gasteiger partial charge >= 0.3 is 0 Å². The highest BCUT2D eigenvalue weighted by atomic mass is 15.3. The molecule has 8 rings (SSSR count). The molecule has 4 aromatic rings. The number of nitrogens with one attached hydrogen (secondary N) is 1. The topological polar surface area (TPSA) is 55.6 Å².